The van der Waals surface area contributed by atoms with E-state index in [0.717, 1.165) is 11.5 Å². The molecule has 0 radical (unpaired) electrons. The molecule has 1 aromatic heterocycles. The van der Waals surface area contributed by atoms with Crippen LogP contribution in [0.5, 0.6) is 0 Å². The topological polar surface area (TPSA) is 45.4 Å². The Hall–Kier alpha value is -0.800. The van der Waals surface area contributed by atoms with E-state index in [2.05, 4.69) is 25.2 Å². The lowest BCUT2D eigenvalue weighted by molar-refractivity contribution is 0.202. The molecule has 0 fully saturated rings. The van der Waals surface area contributed by atoms with Crippen molar-refractivity contribution in [2.24, 2.45) is 5.92 Å². The van der Waals surface area contributed by atoms with E-state index in [0.29, 0.717) is 0 Å². The van der Waals surface area contributed by atoms with Crippen molar-refractivity contribution in [2.75, 3.05) is 6.61 Å². The lowest BCUT2D eigenvalue weighted by Crippen LogP contribution is -2.35. The van der Waals surface area contributed by atoms with Gasteiger partial charge in [0.2, 0.25) is 0 Å². The van der Waals surface area contributed by atoms with Crippen molar-refractivity contribution in [2.45, 2.75) is 46.7 Å². The number of aryl methyl sites for hydroxylation is 2. The monoisotopic (exact) mass is 225 g/mol. The van der Waals surface area contributed by atoms with Crippen molar-refractivity contribution in [1.82, 2.24) is 5.32 Å². The van der Waals surface area contributed by atoms with Crippen LogP contribution in [0.2, 0.25) is 0 Å². The molecule has 3 unspecified atom stereocenters. The van der Waals surface area contributed by atoms with Crippen molar-refractivity contribution in [3.8, 4) is 0 Å². The van der Waals surface area contributed by atoms with E-state index in [1.807, 2.05) is 20.8 Å². The van der Waals surface area contributed by atoms with Crippen LogP contribution in [-0.2, 0) is 0 Å². The van der Waals surface area contributed by atoms with E-state index >= 15 is 0 Å². The Morgan fingerprint density at radius 2 is 1.94 bits per heavy atom. The first-order valence-electron chi connectivity index (χ1n) is 5.89. The highest BCUT2D eigenvalue weighted by Gasteiger charge is 2.17. The highest BCUT2D eigenvalue weighted by atomic mass is 16.3. The summed E-state index contributed by atoms with van der Waals surface area (Å²) in [6.07, 6.45) is 0. The van der Waals surface area contributed by atoms with Crippen LogP contribution in [-0.4, -0.2) is 17.8 Å². The molecule has 0 aliphatic rings. The molecule has 1 rings (SSSR count). The second kappa shape index (κ2) is 5.51. The highest BCUT2D eigenvalue weighted by molar-refractivity contribution is 5.23. The minimum absolute atomic E-state index is 0.213. The van der Waals surface area contributed by atoms with Gasteiger partial charge in [0.1, 0.15) is 11.5 Å². The molecule has 0 aromatic carbocycles. The van der Waals surface area contributed by atoms with Crippen LogP contribution in [0.25, 0.3) is 0 Å². The number of nitrogens with one attached hydrogen (secondary N) is 1. The molecule has 0 aliphatic heterocycles. The second-order valence-corrected chi connectivity index (χ2v) is 4.71. The van der Waals surface area contributed by atoms with Crippen molar-refractivity contribution in [3.05, 3.63) is 23.2 Å². The number of rotatable bonds is 5. The summed E-state index contributed by atoms with van der Waals surface area (Å²) in [6.45, 7) is 10.4. The number of hydrogen-bond acceptors (Lipinski definition) is 3. The SMILES string of the molecule is Cc1cc(C(C)NC(C)C(C)CO)c(C)o1. The summed E-state index contributed by atoms with van der Waals surface area (Å²) in [7, 11) is 0. The Bertz CT molecular complexity index is 333. The van der Waals surface area contributed by atoms with Crippen LogP contribution in [0.15, 0.2) is 10.5 Å². The third-order valence-corrected chi connectivity index (χ3v) is 3.20. The lowest BCUT2D eigenvalue weighted by Gasteiger charge is -2.23. The summed E-state index contributed by atoms with van der Waals surface area (Å²) in [6, 6.07) is 2.61. The molecule has 0 spiro atoms. The minimum atomic E-state index is 0.213. The van der Waals surface area contributed by atoms with Crippen LogP contribution in [0.4, 0.5) is 0 Å². The fraction of sp³-hybridized carbons (Fsp3) is 0.692. The predicted octanol–water partition coefficient (Wildman–Crippen LogP) is 2.56. The first-order valence-corrected chi connectivity index (χ1v) is 5.89. The molecule has 3 heteroatoms. The Balaban J connectivity index is 2.65. The highest BCUT2D eigenvalue weighted by Crippen LogP contribution is 2.22. The Morgan fingerprint density at radius 1 is 1.31 bits per heavy atom. The van der Waals surface area contributed by atoms with Crippen molar-refractivity contribution >= 4 is 0 Å². The smallest absolute Gasteiger partial charge is 0.105 e. The summed E-state index contributed by atoms with van der Waals surface area (Å²) in [4.78, 5) is 0. The largest absolute Gasteiger partial charge is 0.466 e. The van der Waals surface area contributed by atoms with Crippen LogP contribution in [0.1, 0.15) is 43.9 Å². The first kappa shape index (κ1) is 13.3. The predicted molar refractivity (Wildman–Crippen MR) is 65.4 cm³/mol. The molecule has 1 heterocycles. The van der Waals surface area contributed by atoms with Crippen LogP contribution < -0.4 is 5.32 Å². The fourth-order valence-corrected chi connectivity index (χ4v) is 1.89. The second-order valence-electron chi connectivity index (χ2n) is 4.71. The minimum Gasteiger partial charge on any atom is -0.466 e. The molecule has 3 atom stereocenters. The van der Waals surface area contributed by atoms with Gasteiger partial charge in [-0.1, -0.05) is 6.92 Å². The molecule has 0 amide bonds. The molecule has 16 heavy (non-hydrogen) atoms. The van der Waals surface area contributed by atoms with Crippen molar-refractivity contribution in [3.63, 3.8) is 0 Å². The number of furan rings is 1. The van der Waals surface area contributed by atoms with Gasteiger partial charge in [0, 0.05) is 24.3 Å². The van der Waals surface area contributed by atoms with Gasteiger partial charge in [-0.15, -0.1) is 0 Å². The molecule has 0 aliphatic carbocycles. The van der Waals surface area contributed by atoms with Crippen LogP contribution in [0.3, 0.4) is 0 Å². The Kier molecular flexibility index (Phi) is 4.56. The number of aliphatic hydroxyl groups excluding tert-OH is 1. The standard InChI is InChI=1S/C13H23NO2/c1-8(7-15)10(3)14-11(4)13-6-9(2)16-12(13)5/h6,8,10-11,14-15H,7H2,1-5H3. The average Bonchev–Trinajstić information content (AvgIpc) is 2.56. The van der Waals surface area contributed by atoms with Gasteiger partial charge in [-0.25, -0.2) is 0 Å². The van der Waals surface area contributed by atoms with Crippen molar-refractivity contribution in [1.29, 1.82) is 0 Å². The van der Waals surface area contributed by atoms with Gasteiger partial charge in [0.15, 0.2) is 0 Å². The van der Waals surface area contributed by atoms with E-state index in [4.69, 9.17) is 9.52 Å². The van der Waals surface area contributed by atoms with E-state index in [1.54, 1.807) is 0 Å². The summed E-state index contributed by atoms with van der Waals surface area (Å²) in [5.74, 6) is 2.18. The molecule has 3 nitrogen and oxygen atoms in total. The third kappa shape index (κ3) is 3.09. The molecule has 0 saturated carbocycles. The van der Waals surface area contributed by atoms with E-state index in [9.17, 15) is 0 Å². The lowest BCUT2D eigenvalue weighted by atomic mass is 10.0. The van der Waals surface area contributed by atoms with Gasteiger partial charge in [0.25, 0.3) is 0 Å². The molecule has 1 aromatic rings. The zero-order valence-electron chi connectivity index (χ0n) is 10.9. The van der Waals surface area contributed by atoms with Gasteiger partial charge in [0.05, 0.1) is 0 Å². The molecule has 0 saturated heterocycles. The molecule has 0 bridgehead atoms. The average molecular weight is 225 g/mol. The van der Waals surface area contributed by atoms with Gasteiger partial charge >= 0.3 is 0 Å². The zero-order valence-corrected chi connectivity index (χ0v) is 10.9. The maximum Gasteiger partial charge on any atom is 0.105 e. The van der Waals surface area contributed by atoms with Crippen molar-refractivity contribution < 1.29 is 9.52 Å². The summed E-state index contributed by atoms with van der Waals surface area (Å²) < 4.78 is 5.51. The van der Waals surface area contributed by atoms with Gasteiger partial charge in [-0.2, -0.15) is 0 Å². The van der Waals surface area contributed by atoms with Gasteiger partial charge < -0.3 is 14.8 Å². The summed E-state index contributed by atoms with van der Waals surface area (Å²) >= 11 is 0. The van der Waals surface area contributed by atoms with E-state index in [1.165, 1.54) is 5.56 Å². The molecule has 92 valence electrons. The molecular formula is C13H23NO2. The Labute approximate surface area is 97.9 Å². The number of hydrogen-bond donors (Lipinski definition) is 2. The third-order valence-electron chi connectivity index (χ3n) is 3.20. The quantitative estimate of drug-likeness (QED) is 0.809. The van der Waals surface area contributed by atoms with E-state index < -0.39 is 0 Å². The molecule has 2 N–H and O–H groups in total. The van der Waals surface area contributed by atoms with Gasteiger partial charge in [-0.3, -0.25) is 0 Å². The maximum atomic E-state index is 9.09. The first-order chi connectivity index (χ1) is 7.45. The summed E-state index contributed by atoms with van der Waals surface area (Å²) in [5.41, 5.74) is 1.20. The van der Waals surface area contributed by atoms with E-state index in [-0.39, 0.29) is 24.6 Å². The van der Waals surface area contributed by atoms with Crippen LogP contribution in [0, 0.1) is 19.8 Å². The maximum absolute atomic E-state index is 9.09. The fourth-order valence-electron chi connectivity index (χ4n) is 1.89. The zero-order chi connectivity index (χ0) is 12.3. The number of aliphatic hydroxyl groups is 1. The van der Waals surface area contributed by atoms with Crippen LogP contribution >= 0.6 is 0 Å². The van der Waals surface area contributed by atoms with Gasteiger partial charge in [-0.05, 0) is 39.7 Å². The summed E-state index contributed by atoms with van der Waals surface area (Å²) in [5, 5.41) is 12.6. The molecular weight excluding hydrogens is 202 g/mol. The Morgan fingerprint density at radius 3 is 2.38 bits per heavy atom. The normalized spacial score (nSPS) is 17.1.